The molecule has 0 saturated heterocycles. The summed E-state index contributed by atoms with van der Waals surface area (Å²) in [7, 11) is 1.59. The Labute approximate surface area is 128 Å². The number of rotatable bonds is 5. The van der Waals surface area contributed by atoms with Crippen LogP contribution in [0.15, 0.2) is 18.2 Å². The van der Waals surface area contributed by atoms with Gasteiger partial charge < -0.3 is 10.0 Å². The SMILES string of the molecule is CC(CN(C)C(=O)C(C)c1ccc(Cl)c(Cl)c1)C(=O)O. The summed E-state index contributed by atoms with van der Waals surface area (Å²) in [6, 6.07) is 5.04. The quantitative estimate of drug-likeness (QED) is 0.906. The molecule has 20 heavy (non-hydrogen) atoms. The Morgan fingerprint density at radius 1 is 1.25 bits per heavy atom. The molecule has 1 rings (SSSR count). The fraction of sp³-hybridized carbons (Fsp3) is 0.429. The number of benzene rings is 1. The van der Waals surface area contributed by atoms with Gasteiger partial charge in [-0.2, -0.15) is 0 Å². The highest BCUT2D eigenvalue weighted by molar-refractivity contribution is 6.42. The molecular formula is C14H17Cl2NO3. The van der Waals surface area contributed by atoms with Crippen LogP contribution in [-0.2, 0) is 9.59 Å². The second kappa shape index (κ2) is 6.95. The van der Waals surface area contributed by atoms with Gasteiger partial charge in [0, 0.05) is 13.6 Å². The summed E-state index contributed by atoms with van der Waals surface area (Å²) >= 11 is 11.8. The number of carbonyl (C=O) groups excluding carboxylic acids is 1. The summed E-state index contributed by atoms with van der Waals surface area (Å²) in [5.74, 6) is -2.09. The number of amides is 1. The highest BCUT2D eigenvalue weighted by Gasteiger charge is 2.23. The van der Waals surface area contributed by atoms with E-state index in [2.05, 4.69) is 0 Å². The van der Waals surface area contributed by atoms with Crippen molar-refractivity contribution in [2.75, 3.05) is 13.6 Å². The molecule has 0 spiro atoms. The fourth-order valence-electron chi connectivity index (χ4n) is 1.83. The van der Waals surface area contributed by atoms with Gasteiger partial charge in [0.25, 0.3) is 0 Å². The molecule has 4 nitrogen and oxygen atoms in total. The standard InChI is InChI=1S/C14H17Cl2NO3/c1-8(14(19)20)7-17(3)13(18)9(2)10-4-5-11(15)12(16)6-10/h4-6,8-9H,7H2,1-3H3,(H,19,20). The van der Waals surface area contributed by atoms with Crippen molar-refractivity contribution in [3.63, 3.8) is 0 Å². The third-order valence-corrected chi connectivity index (χ3v) is 3.90. The van der Waals surface area contributed by atoms with Gasteiger partial charge in [0.2, 0.25) is 5.91 Å². The Kier molecular flexibility index (Phi) is 5.84. The lowest BCUT2D eigenvalue weighted by molar-refractivity contribution is -0.142. The van der Waals surface area contributed by atoms with Gasteiger partial charge >= 0.3 is 5.97 Å². The molecular weight excluding hydrogens is 301 g/mol. The van der Waals surface area contributed by atoms with Crippen LogP contribution in [0.1, 0.15) is 25.3 Å². The number of carbonyl (C=O) groups is 2. The zero-order valence-corrected chi connectivity index (χ0v) is 13.1. The molecule has 0 aromatic heterocycles. The van der Waals surface area contributed by atoms with Gasteiger partial charge in [0.1, 0.15) is 0 Å². The fourth-order valence-corrected chi connectivity index (χ4v) is 2.14. The second-order valence-electron chi connectivity index (χ2n) is 4.85. The van der Waals surface area contributed by atoms with E-state index in [1.54, 1.807) is 39.1 Å². The molecule has 1 amide bonds. The summed E-state index contributed by atoms with van der Waals surface area (Å²) in [4.78, 5) is 24.5. The predicted molar refractivity (Wildman–Crippen MR) is 79.3 cm³/mol. The van der Waals surface area contributed by atoms with Gasteiger partial charge in [-0.3, -0.25) is 9.59 Å². The highest BCUT2D eigenvalue weighted by atomic mass is 35.5. The Hall–Kier alpha value is -1.26. The number of carboxylic acid groups (broad SMARTS) is 1. The van der Waals surface area contributed by atoms with Crippen molar-refractivity contribution in [3.8, 4) is 0 Å². The normalized spacial score (nSPS) is 13.7. The van der Waals surface area contributed by atoms with Crippen LogP contribution in [-0.4, -0.2) is 35.5 Å². The molecule has 1 N–H and O–H groups in total. The number of hydrogen-bond donors (Lipinski definition) is 1. The molecule has 6 heteroatoms. The summed E-state index contributed by atoms with van der Waals surface area (Å²) in [5.41, 5.74) is 0.749. The Balaban J connectivity index is 2.80. The first-order valence-corrected chi connectivity index (χ1v) is 6.92. The van der Waals surface area contributed by atoms with Gasteiger partial charge in [-0.25, -0.2) is 0 Å². The summed E-state index contributed by atoms with van der Waals surface area (Å²) in [5, 5.41) is 9.69. The summed E-state index contributed by atoms with van der Waals surface area (Å²) in [6.07, 6.45) is 0. The molecule has 2 atom stereocenters. The lowest BCUT2D eigenvalue weighted by atomic mass is 9.99. The van der Waals surface area contributed by atoms with Crippen molar-refractivity contribution in [2.24, 2.45) is 5.92 Å². The number of halogens is 2. The Morgan fingerprint density at radius 2 is 1.85 bits per heavy atom. The average Bonchev–Trinajstić information content (AvgIpc) is 2.39. The van der Waals surface area contributed by atoms with Crippen molar-refractivity contribution in [1.82, 2.24) is 4.90 Å². The van der Waals surface area contributed by atoms with Gasteiger partial charge in [-0.1, -0.05) is 36.2 Å². The van der Waals surface area contributed by atoms with Crippen molar-refractivity contribution < 1.29 is 14.7 Å². The van der Waals surface area contributed by atoms with Crippen LogP contribution in [0.2, 0.25) is 10.0 Å². The number of carboxylic acids is 1. The van der Waals surface area contributed by atoms with Gasteiger partial charge in [0.15, 0.2) is 0 Å². The molecule has 0 saturated carbocycles. The molecule has 0 aliphatic carbocycles. The number of hydrogen-bond acceptors (Lipinski definition) is 2. The third-order valence-electron chi connectivity index (χ3n) is 3.16. The molecule has 110 valence electrons. The predicted octanol–water partition coefficient (Wildman–Crippen LogP) is 3.28. The van der Waals surface area contributed by atoms with Crippen LogP contribution in [0.3, 0.4) is 0 Å². The monoisotopic (exact) mass is 317 g/mol. The second-order valence-corrected chi connectivity index (χ2v) is 5.67. The van der Waals surface area contributed by atoms with Crippen LogP contribution in [0, 0.1) is 5.92 Å². The maximum absolute atomic E-state index is 12.3. The first kappa shape index (κ1) is 16.8. The van der Waals surface area contributed by atoms with E-state index in [9.17, 15) is 9.59 Å². The molecule has 1 aromatic carbocycles. The van der Waals surface area contributed by atoms with Gasteiger partial charge in [-0.05, 0) is 24.6 Å². The van der Waals surface area contributed by atoms with E-state index in [0.717, 1.165) is 5.56 Å². The Morgan fingerprint density at radius 3 is 2.35 bits per heavy atom. The average molecular weight is 318 g/mol. The number of likely N-dealkylation sites (N-methyl/N-ethyl adjacent to an activating group) is 1. The molecule has 0 fully saturated rings. The van der Waals surface area contributed by atoms with E-state index >= 15 is 0 Å². The van der Waals surface area contributed by atoms with E-state index in [4.69, 9.17) is 28.3 Å². The molecule has 0 bridgehead atoms. The van der Waals surface area contributed by atoms with Crippen molar-refractivity contribution in [2.45, 2.75) is 19.8 Å². The topological polar surface area (TPSA) is 57.6 Å². The van der Waals surface area contributed by atoms with E-state index in [0.29, 0.717) is 10.0 Å². The van der Waals surface area contributed by atoms with E-state index in [-0.39, 0.29) is 12.5 Å². The molecule has 0 radical (unpaired) electrons. The molecule has 1 aromatic rings. The third kappa shape index (κ3) is 4.12. The van der Waals surface area contributed by atoms with Gasteiger partial charge in [-0.15, -0.1) is 0 Å². The van der Waals surface area contributed by atoms with Crippen LogP contribution >= 0.6 is 23.2 Å². The maximum atomic E-state index is 12.3. The zero-order chi connectivity index (χ0) is 15.4. The van der Waals surface area contributed by atoms with E-state index in [1.807, 2.05) is 0 Å². The summed E-state index contributed by atoms with van der Waals surface area (Å²) < 4.78 is 0. The summed E-state index contributed by atoms with van der Waals surface area (Å²) in [6.45, 7) is 3.49. The van der Waals surface area contributed by atoms with Crippen molar-refractivity contribution >= 4 is 35.1 Å². The lowest BCUT2D eigenvalue weighted by Gasteiger charge is -2.23. The van der Waals surface area contributed by atoms with Crippen LogP contribution in [0.25, 0.3) is 0 Å². The smallest absolute Gasteiger partial charge is 0.308 e. The lowest BCUT2D eigenvalue weighted by Crippen LogP contribution is -2.36. The van der Waals surface area contributed by atoms with E-state index in [1.165, 1.54) is 4.90 Å². The number of nitrogens with zero attached hydrogens (tertiary/aromatic N) is 1. The van der Waals surface area contributed by atoms with Crippen LogP contribution < -0.4 is 0 Å². The molecule has 0 aliphatic heterocycles. The van der Waals surface area contributed by atoms with Crippen LogP contribution in [0.4, 0.5) is 0 Å². The van der Waals surface area contributed by atoms with Crippen LogP contribution in [0.5, 0.6) is 0 Å². The maximum Gasteiger partial charge on any atom is 0.308 e. The minimum Gasteiger partial charge on any atom is -0.481 e. The number of aliphatic carboxylic acids is 1. The first-order chi connectivity index (χ1) is 9.23. The van der Waals surface area contributed by atoms with Gasteiger partial charge in [0.05, 0.1) is 21.9 Å². The minimum atomic E-state index is -0.924. The molecule has 2 unspecified atom stereocenters. The van der Waals surface area contributed by atoms with Crippen molar-refractivity contribution in [1.29, 1.82) is 0 Å². The van der Waals surface area contributed by atoms with E-state index < -0.39 is 17.8 Å². The molecule has 0 aliphatic rings. The minimum absolute atomic E-state index is 0.156. The largest absolute Gasteiger partial charge is 0.481 e. The Bertz CT molecular complexity index is 519. The highest BCUT2D eigenvalue weighted by Crippen LogP contribution is 2.27. The molecule has 0 heterocycles. The zero-order valence-electron chi connectivity index (χ0n) is 11.6. The first-order valence-electron chi connectivity index (χ1n) is 6.16. The van der Waals surface area contributed by atoms with Crippen molar-refractivity contribution in [3.05, 3.63) is 33.8 Å².